The van der Waals surface area contributed by atoms with Crippen LogP contribution in [0.4, 0.5) is 4.79 Å². The number of hydrogen-bond acceptors (Lipinski definition) is 5. The van der Waals surface area contributed by atoms with Gasteiger partial charge < -0.3 is 9.47 Å². The van der Waals surface area contributed by atoms with Crippen molar-refractivity contribution in [1.29, 1.82) is 0 Å². The van der Waals surface area contributed by atoms with E-state index in [0.29, 0.717) is 19.4 Å². The third-order valence-corrected chi connectivity index (χ3v) is 2.32. The summed E-state index contributed by atoms with van der Waals surface area (Å²) in [6, 6.07) is 0.124. The third-order valence-electron chi connectivity index (χ3n) is 2.32. The van der Waals surface area contributed by atoms with Crippen molar-refractivity contribution >= 4 is 12.1 Å². The second kappa shape index (κ2) is 5.55. The van der Waals surface area contributed by atoms with Crippen molar-refractivity contribution in [1.82, 2.24) is 10.9 Å². The molecule has 0 aromatic rings. The molecule has 1 aliphatic rings. The molecule has 0 heterocycles. The van der Waals surface area contributed by atoms with Gasteiger partial charge in [-0.2, -0.15) is 0 Å². The molecule has 86 valence electrons. The first-order valence-electron chi connectivity index (χ1n) is 4.93. The van der Waals surface area contributed by atoms with Crippen molar-refractivity contribution in [3.05, 3.63) is 0 Å². The van der Waals surface area contributed by atoms with Crippen LogP contribution < -0.4 is 10.9 Å². The predicted molar refractivity (Wildman–Crippen MR) is 51.8 cm³/mol. The normalized spacial score (nSPS) is 23.9. The summed E-state index contributed by atoms with van der Waals surface area (Å²) >= 11 is 0. The molecule has 0 saturated heterocycles. The van der Waals surface area contributed by atoms with Gasteiger partial charge >= 0.3 is 12.1 Å². The molecule has 0 radical (unpaired) electrons. The van der Waals surface area contributed by atoms with E-state index in [1.165, 1.54) is 7.11 Å². The minimum absolute atomic E-state index is 0.0399. The first-order chi connectivity index (χ1) is 7.17. The van der Waals surface area contributed by atoms with Gasteiger partial charge in [-0.05, 0) is 19.8 Å². The van der Waals surface area contributed by atoms with E-state index in [2.05, 4.69) is 15.6 Å². The second-order valence-electron chi connectivity index (χ2n) is 3.38. The van der Waals surface area contributed by atoms with E-state index < -0.39 is 6.09 Å². The van der Waals surface area contributed by atoms with Crippen molar-refractivity contribution in [3.63, 3.8) is 0 Å². The highest BCUT2D eigenvalue weighted by atomic mass is 16.5. The minimum atomic E-state index is -0.533. The van der Waals surface area contributed by atoms with Crippen LogP contribution >= 0.6 is 0 Å². The Labute approximate surface area is 88.3 Å². The molecule has 0 spiro atoms. The zero-order valence-electron chi connectivity index (χ0n) is 8.91. The Hall–Kier alpha value is -1.30. The van der Waals surface area contributed by atoms with Crippen LogP contribution in [0.5, 0.6) is 0 Å². The molecule has 0 bridgehead atoms. The SMILES string of the molecule is CCOC(=O)C1CC(NNC(=O)OC)C1. The average Bonchev–Trinajstić information content (AvgIpc) is 2.15. The lowest BCUT2D eigenvalue weighted by Gasteiger charge is -2.33. The van der Waals surface area contributed by atoms with Crippen LogP contribution in [0.15, 0.2) is 0 Å². The van der Waals surface area contributed by atoms with Crippen LogP contribution in [-0.4, -0.2) is 31.8 Å². The Morgan fingerprint density at radius 2 is 2.07 bits per heavy atom. The van der Waals surface area contributed by atoms with E-state index in [0.717, 1.165) is 0 Å². The average molecular weight is 216 g/mol. The van der Waals surface area contributed by atoms with Gasteiger partial charge in [0.15, 0.2) is 0 Å². The molecule has 6 heteroatoms. The van der Waals surface area contributed by atoms with Crippen LogP contribution in [0.2, 0.25) is 0 Å². The molecule has 0 atom stereocenters. The fraction of sp³-hybridized carbons (Fsp3) is 0.778. The van der Waals surface area contributed by atoms with Gasteiger partial charge in [-0.1, -0.05) is 0 Å². The molecule has 1 fully saturated rings. The van der Waals surface area contributed by atoms with Crippen molar-refractivity contribution in [2.75, 3.05) is 13.7 Å². The summed E-state index contributed by atoms with van der Waals surface area (Å²) in [6.45, 7) is 2.19. The lowest BCUT2D eigenvalue weighted by molar-refractivity contribution is -0.151. The number of rotatable bonds is 4. The number of hydrogen-bond donors (Lipinski definition) is 2. The molecule has 1 aliphatic carbocycles. The summed E-state index contributed by atoms with van der Waals surface area (Å²) in [5, 5.41) is 0. The number of carbonyl (C=O) groups is 2. The lowest BCUT2D eigenvalue weighted by atomic mass is 9.81. The highest BCUT2D eigenvalue weighted by Crippen LogP contribution is 2.27. The van der Waals surface area contributed by atoms with E-state index in [4.69, 9.17) is 4.74 Å². The Morgan fingerprint density at radius 3 is 2.60 bits per heavy atom. The first kappa shape index (κ1) is 11.8. The maximum Gasteiger partial charge on any atom is 0.421 e. The molecule has 2 N–H and O–H groups in total. The predicted octanol–water partition coefficient (Wildman–Crippen LogP) is 0.189. The standard InChI is InChI=1S/C9H16N2O4/c1-3-15-8(12)6-4-7(5-6)10-11-9(13)14-2/h6-7,10H,3-5H2,1-2H3,(H,11,13). The molecule has 0 unspecified atom stereocenters. The number of hydrazine groups is 1. The zero-order valence-corrected chi connectivity index (χ0v) is 8.91. The van der Waals surface area contributed by atoms with E-state index in [9.17, 15) is 9.59 Å². The van der Waals surface area contributed by atoms with Crippen molar-refractivity contribution in [3.8, 4) is 0 Å². The number of carbonyl (C=O) groups excluding carboxylic acids is 2. The fourth-order valence-corrected chi connectivity index (χ4v) is 1.40. The number of esters is 1. The van der Waals surface area contributed by atoms with Gasteiger partial charge in [-0.15, -0.1) is 0 Å². The van der Waals surface area contributed by atoms with Crippen LogP contribution in [0.25, 0.3) is 0 Å². The molecule has 0 aliphatic heterocycles. The Balaban J connectivity index is 2.10. The highest BCUT2D eigenvalue weighted by Gasteiger charge is 2.35. The molecule has 1 amide bonds. The van der Waals surface area contributed by atoms with Crippen LogP contribution in [0.3, 0.4) is 0 Å². The van der Waals surface area contributed by atoms with Gasteiger partial charge in [0.25, 0.3) is 0 Å². The first-order valence-corrected chi connectivity index (χ1v) is 4.93. The number of ether oxygens (including phenoxy) is 2. The van der Waals surface area contributed by atoms with E-state index in [1.54, 1.807) is 6.92 Å². The molecule has 0 aromatic carbocycles. The molecular weight excluding hydrogens is 200 g/mol. The largest absolute Gasteiger partial charge is 0.466 e. The zero-order chi connectivity index (χ0) is 11.3. The lowest BCUT2D eigenvalue weighted by Crippen LogP contribution is -2.52. The number of amides is 1. The molecule has 15 heavy (non-hydrogen) atoms. The number of methoxy groups -OCH3 is 1. The molecule has 1 rings (SSSR count). The quantitative estimate of drug-likeness (QED) is 0.518. The number of nitrogens with one attached hydrogen (secondary N) is 2. The maximum atomic E-state index is 11.2. The van der Waals surface area contributed by atoms with Crippen molar-refractivity contribution in [2.45, 2.75) is 25.8 Å². The van der Waals surface area contributed by atoms with Gasteiger partial charge in [0.1, 0.15) is 0 Å². The molecule has 6 nitrogen and oxygen atoms in total. The third kappa shape index (κ3) is 3.39. The van der Waals surface area contributed by atoms with Crippen LogP contribution in [0.1, 0.15) is 19.8 Å². The van der Waals surface area contributed by atoms with Gasteiger partial charge in [-0.3, -0.25) is 10.2 Å². The molecular formula is C9H16N2O4. The smallest absolute Gasteiger partial charge is 0.421 e. The molecule has 0 aromatic heterocycles. The summed E-state index contributed by atoms with van der Waals surface area (Å²) in [5.41, 5.74) is 5.13. The van der Waals surface area contributed by atoms with Crippen LogP contribution in [-0.2, 0) is 14.3 Å². The second-order valence-corrected chi connectivity index (χ2v) is 3.38. The Kier molecular flexibility index (Phi) is 4.36. The van der Waals surface area contributed by atoms with E-state index in [1.807, 2.05) is 0 Å². The maximum absolute atomic E-state index is 11.2. The molecule has 1 saturated carbocycles. The van der Waals surface area contributed by atoms with Gasteiger partial charge in [0.2, 0.25) is 0 Å². The Morgan fingerprint density at radius 1 is 1.40 bits per heavy atom. The van der Waals surface area contributed by atoms with E-state index >= 15 is 0 Å². The summed E-state index contributed by atoms with van der Waals surface area (Å²) in [4.78, 5) is 21.9. The highest BCUT2D eigenvalue weighted by molar-refractivity contribution is 5.73. The van der Waals surface area contributed by atoms with Gasteiger partial charge in [0.05, 0.1) is 19.6 Å². The topological polar surface area (TPSA) is 76.7 Å². The van der Waals surface area contributed by atoms with E-state index in [-0.39, 0.29) is 17.9 Å². The van der Waals surface area contributed by atoms with Crippen molar-refractivity contribution < 1.29 is 19.1 Å². The summed E-state index contributed by atoms with van der Waals surface area (Å²) in [7, 11) is 1.29. The summed E-state index contributed by atoms with van der Waals surface area (Å²) < 4.78 is 9.24. The Bertz CT molecular complexity index is 238. The van der Waals surface area contributed by atoms with Gasteiger partial charge in [0, 0.05) is 6.04 Å². The van der Waals surface area contributed by atoms with Crippen molar-refractivity contribution in [2.24, 2.45) is 5.92 Å². The monoisotopic (exact) mass is 216 g/mol. The minimum Gasteiger partial charge on any atom is -0.466 e. The summed E-state index contributed by atoms with van der Waals surface area (Å²) in [6.07, 6.45) is 0.834. The summed E-state index contributed by atoms with van der Waals surface area (Å²) in [5.74, 6) is -0.199. The van der Waals surface area contributed by atoms with Gasteiger partial charge in [-0.25, -0.2) is 10.2 Å². The van der Waals surface area contributed by atoms with Crippen LogP contribution in [0, 0.1) is 5.92 Å². The fourth-order valence-electron chi connectivity index (χ4n) is 1.40.